The van der Waals surface area contributed by atoms with Crippen molar-refractivity contribution in [2.45, 2.75) is 26.1 Å². The number of rotatable bonds is 6. The van der Waals surface area contributed by atoms with Gasteiger partial charge in [0.2, 0.25) is 0 Å². The van der Waals surface area contributed by atoms with Crippen molar-refractivity contribution in [3.8, 4) is 11.5 Å². The molecule has 2 aromatic rings. The summed E-state index contributed by atoms with van der Waals surface area (Å²) in [6.07, 6.45) is 0.291. The van der Waals surface area contributed by atoms with Gasteiger partial charge < -0.3 is 14.6 Å². The highest BCUT2D eigenvalue weighted by Crippen LogP contribution is 2.25. The van der Waals surface area contributed by atoms with Crippen molar-refractivity contribution in [2.75, 3.05) is 7.11 Å². The summed E-state index contributed by atoms with van der Waals surface area (Å²) in [4.78, 5) is 0. The van der Waals surface area contributed by atoms with Crippen LogP contribution in [-0.2, 0) is 6.61 Å². The summed E-state index contributed by atoms with van der Waals surface area (Å²) >= 11 is 3.45. The summed E-state index contributed by atoms with van der Waals surface area (Å²) in [5.74, 6) is 1.57. The molecule has 2 rings (SSSR count). The van der Waals surface area contributed by atoms with Gasteiger partial charge in [-0.05, 0) is 42.3 Å². The fourth-order valence-corrected chi connectivity index (χ4v) is 2.45. The zero-order valence-electron chi connectivity index (χ0n) is 12.2. The summed E-state index contributed by atoms with van der Waals surface area (Å²) < 4.78 is 12.1. The lowest BCUT2D eigenvalue weighted by molar-refractivity contribution is 0.173. The normalized spacial score (nSPS) is 12.0. The first-order valence-electron chi connectivity index (χ1n) is 6.87. The molecule has 21 heavy (non-hydrogen) atoms. The Bertz CT molecular complexity index is 581. The van der Waals surface area contributed by atoms with E-state index in [4.69, 9.17) is 9.47 Å². The van der Waals surface area contributed by atoms with E-state index in [-0.39, 0.29) is 0 Å². The Hall–Kier alpha value is -1.52. The molecule has 0 aliphatic heterocycles. The third-order valence-electron chi connectivity index (χ3n) is 3.29. The van der Waals surface area contributed by atoms with Crippen LogP contribution in [0.15, 0.2) is 46.9 Å². The van der Waals surface area contributed by atoms with Gasteiger partial charge in [0.1, 0.15) is 18.1 Å². The van der Waals surface area contributed by atoms with Crippen LogP contribution in [0.1, 0.15) is 30.6 Å². The van der Waals surface area contributed by atoms with Crippen LogP contribution in [0.2, 0.25) is 0 Å². The average molecular weight is 351 g/mol. The second-order valence-electron chi connectivity index (χ2n) is 4.74. The van der Waals surface area contributed by atoms with Gasteiger partial charge in [0, 0.05) is 10.0 Å². The fraction of sp³-hybridized carbons (Fsp3) is 0.294. The fourth-order valence-electron chi connectivity index (χ4n) is 2.04. The van der Waals surface area contributed by atoms with E-state index in [2.05, 4.69) is 15.9 Å². The average Bonchev–Trinajstić information content (AvgIpc) is 2.52. The second-order valence-corrected chi connectivity index (χ2v) is 5.65. The van der Waals surface area contributed by atoms with Crippen molar-refractivity contribution >= 4 is 15.9 Å². The molecule has 0 amide bonds. The van der Waals surface area contributed by atoms with E-state index >= 15 is 0 Å². The van der Waals surface area contributed by atoms with E-state index in [1.165, 1.54) is 0 Å². The van der Waals surface area contributed by atoms with E-state index < -0.39 is 6.10 Å². The summed E-state index contributed by atoms with van der Waals surface area (Å²) in [5, 5.41) is 9.76. The van der Waals surface area contributed by atoms with Crippen LogP contribution in [-0.4, -0.2) is 12.2 Å². The van der Waals surface area contributed by atoms with Crippen molar-refractivity contribution in [1.82, 2.24) is 0 Å². The van der Waals surface area contributed by atoms with Crippen LogP contribution >= 0.6 is 15.9 Å². The Morgan fingerprint density at radius 2 is 1.86 bits per heavy atom. The number of aliphatic hydroxyl groups excluding tert-OH is 1. The SMILES string of the molecule is CC[C@@H](O)c1ccc(OCc2cc(Br)ccc2OC)cc1. The Morgan fingerprint density at radius 1 is 1.14 bits per heavy atom. The highest BCUT2D eigenvalue weighted by Gasteiger charge is 2.07. The molecule has 0 radical (unpaired) electrons. The maximum absolute atomic E-state index is 9.76. The first-order chi connectivity index (χ1) is 10.1. The van der Waals surface area contributed by atoms with Gasteiger partial charge in [-0.1, -0.05) is 35.0 Å². The predicted octanol–water partition coefficient (Wildman–Crippen LogP) is 4.48. The van der Waals surface area contributed by atoms with Crippen LogP contribution in [0.3, 0.4) is 0 Å². The Kier molecular flexibility index (Phi) is 5.65. The summed E-state index contributed by atoms with van der Waals surface area (Å²) in [6.45, 7) is 2.38. The number of ether oxygens (including phenoxy) is 2. The van der Waals surface area contributed by atoms with Crippen molar-refractivity contribution < 1.29 is 14.6 Å². The number of hydrogen-bond donors (Lipinski definition) is 1. The molecule has 3 nitrogen and oxygen atoms in total. The Labute approximate surface area is 133 Å². The molecule has 0 fully saturated rings. The largest absolute Gasteiger partial charge is 0.496 e. The summed E-state index contributed by atoms with van der Waals surface area (Å²) in [7, 11) is 1.65. The van der Waals surface area contributed by atoms with E-state index in [9.17, 15) is 5.11 Å². The standard InChI is InChI=1S/C17H19BrO3/c1-3-16(19)12-4-7-15(8-5-12)21-11-13-10-14(18)6-9-17(13)20-2/h4-10,16,19H,3,11H2,1-2H3/t16-/m1/s1. The van der Waals surface area contributed by atoms with Crippen LogP contribution in [0.4, 0.5) is 0 Å². The molecule has 1 atom stereocenters. The molecule has 4 heteroatoms. The third-order valence-corrected chi connectivity index (χ3v) is 3.78. The quantitative estimate of drug-likeness (QED) is 0.834. The molecule has 2 aromatic carbocycles. The second kappa shape index (κ2) is 7.48. The summed E-state index contributed by atoms with van der Waals surface area (Å²) in [6, 6.07) is 13.3. The van der Waals surface area contributed by atoms with E-state index in [0.717, 1.165) is 27.1 Å². The third kappa shape index (κ3) is 4.22. The Balaban J connectivity index is 2.04. The maximum atomic E-state index is 9.76. The Morgan fingerprint density at radius 3 is 2.48 bits per heavy atom. The number of methoxy groups -OCH3 is 1. The number of benzene rings is 2. The van der Waals surface area contributed by atoms with Gasteiger partial charge in [-0.3, -0.25) is 0 Å². The van der Waals surface area contributed by atoms with Crippen LogP contribution in [0.25, 0.3) is 0 Å². The van der Waals surface area contributed by atoms with Crippen molar-refractivity contribution in [2.24, 2.45) is 0 Å². The molecule has 112 valence electrons. The van der Waals surface area contributed by atoms with Gasteiger partial charge in [0.15, 0.2) is 0 Å². The maximum Gasteiger partial charge on any atom is 0.125 e. The number of aliphatic hydroxyl groups is 1. The van der Waals surface area contributed by atoms with Gasteiger partial charge in [-0.15, -0.1) is 0 Å². The first-order valence-corrected chi connectivity index (χ1v) is 7.66. The molecule has 0 spiro atoms. The van der Waals surface area contributed by atoms with Gasteiger partial charge in [0.05, 0.1) is 13.2 Å². The zero-order valence-corrected chi connectivity index (χ0v) is 13.8. The molecule has 0 unspecified atom stereocenters. The molecule has 0 bridgehead atoms. The van der Waals surface area contributed by atoms with Gasteiger partial charge >= 0.3 is 0 Å². The predicted molar refractivity (Wildman–Crippen MR) is 86.7 cm³/mol. The van der Waals surface area contributed by atoms with Gasteiger partial charge in [0.25, 0.3) is 0 Å². The molecular weight excluding hydrogens is 332 g/mol. The van der Waals surface area contributed by atoms with Crippen molar-refractivity contribution in [3.05, 3.63) is 58.1 Å². The minimum absolute atomic E-state index is 0.413. The van der Waals surface area contributed by atoms with Crippen molar-refractivity contribution in [3.63, 3.8) is 0 Å². The zero-order chi connectivity index (χ0) is 15.2. The molecule has 0 aliphatic carbocycles. The van der Waals surface area contributed by atoms with Gasteiger partial charge in [-0.2, -0.15) is 0 Å². The van der Waals surface area contributed by atoms with Crippen LogP contribution in [0.5, 0.6) is 11.5 Å². The number of halogens is 1. The molecule has 1 N–H and O–H groups in total. The molecule has 0 heterocycles. The van der Waals surface area contributed by atoms with E-state index in [1.54, 1.807) is 7.11 Å². The van der Waals surface area contributed by atoms with E-state index in [1.807, 2.05) is 49.4 Å². The lowest BCUT2D eigenvalue weighted by atomic mass is 10.1. The van der Waals surface area contributed by atoms with Crippen LogP contribution in [0, 0.1) is 0 Å². The lowest BCUT2D eigenvalue weighted by Gasteiger charge is -2.12. The molecule has 0 aliphatic rings. The van der Waals surface area contributed by atoms with Crippen LogP contribution < -0.4 is 9.47 Å². The van der Waals surface area contributed by atoms with E-state index in [0.29, 0.717) is 13.0 Å². The lowest BCUT2D eigenvalue weighted by Crippen LogP contribution is -1.99. The monoisotopic (exact) mass is 350 g/mol. The van der Waals surface area contributed by atoms with Crippen molar-refractivity contribution in [1.29, 1.82) is 0 Å². The van der Waals surface area contributed by atoms with Gasteiger partial charge in [-0.25, -0.2) is 0 Å². The number of hydrogen-bond acceptors (Lipinski definition) is 3. The molecule has 0 saturated carbocycles. The molecular formula is C17H19BrO3. The molecule has 0 saturated heterocycles. The first kappa shape index (κ1) is 15.9. The smallest absolute Gasteiger partial charge is 0.125 e. The minimum atomic E-state index is -0.413. The summed E-state index contributed by atoms with van der Waals surface area (Å²) in [5.41, 5.74) is 1.88. The highest BCUT2D eigenvalue weighted by molar-refractivity contribution is 9.10. The topological polar surface area (TPSA) is 38.7 Å². The minimum Gasteiger partial charge on any atom is -0.496 e. The molecule has 0 aromatic heterocycles. The highest BCUT2D eigenvalue weighted by atomic mass is 79.9.